The molecule has 0 radical (unpaired) electrons. The third-order valence-electron chi connectivity index (χ3n) is 0. The molecule has 4 heavy (non-hydrogen) atoms. The third kappa shape index (κ3) is 9.35. The Bertz CT molecular complexity index is 6.00. The van der Waals surface area contributed by atoms with Gasteiger partial charge in [-0.25, -0.2) is 16.3 Å². The summed E-state index contributed by atoms with van der Waals surface area (Å²) in [6, 6.07) is 0. The van der Waals surface area contributed by atoms with Crippen molar-refractivity contribution >= 4 is 39.3 Å². The quantitative estimate of drug-likeness (QED) is 0.369. The number of halogens is 2. The van der Waals surface area contributed by atoms with Crippen LogP contribution in [0.25, 0.3) is 0 Å². The molecule has 0 atom stereocenters. The summed E-state index contributed by atoms with van der Waals surface area (Å²) in [7, 11) is 0. The van der Waals surface area contributed by atoms with Crippen LogP contribution >= 0.6 is 16.3 Å². The summed E-state index contributed by atoms with van der Waals surface area (Å²) in [5, 5.41) is 0. The number of hydrogen-bond donors (Lipinski definition) is 0. The Balaban J connectivity index is -0.00000000500. The SMILES string of the molecule is [Br-].[Mg+2].[O-]Br. The first-order valence-corrected chi connectivity index (χ1v) is 0.802. The van der Waals surface area contributed by atoms with Crippen molar-refractivity contribution in [3.63, 3.8) is 0 Å². The molecule has 0 amide bonds. The third-order valence-corrected chi connectivity index (χ3v) is 0. The zero-order valence-corrected chi connectivity index (χ0v) is 6.46. The molecule has 0 aromatic carbocycles. The van der Waals surface area contributed by atoms with Crippen molar-refractivity contribution in [3.8, 4) is 0 Å². The first-order valence-electron chi connectivity index (χ1n) is 0.154. The molecule has 0 aliphatic heterocycles. The van der Waals surface area contributed by atoms with E-state index in [0.717, 1.165) is 0 Å². The molecule has 0 heterocycles. The summed E-state index contributed by atoms with van der Waals surface area (Å²) in [6.45, 7) is 0. The minimum atomic E-state index is 0. The molecule has 0 N–H and O–H groups in total. The van der Waals surface area contributed by atoms with Crippen LogP contribution in [0.3, 0.4) is 0 Å². The summed E-state index contributed by atoms with van der Waals surface area (Å²) < 4.78 is 8.06. The van der Waals surface area contributed by atoms with Crippen molar-refractivity contribution in [1.82, 2.24) is 0 Å². The topological polar surface area (TPSA) is 23.1 Å². The van der Waals surface area contributed by atoms with E-state index in [4.69, 9.17) is 4.20 Å². The summed E-state index contributed by atoms with van der Waals surface area (Å²) >= 11 is 1.69. The first-order chi connectivity index (χ1) is 1.00. The Morgan fingerprint density at radius 2 is 1.25 bits per heavy atom. The number of hydrogen-bond acceptors (Lipinski definition) is 1. The van der Waals surface area contributed by atoms with Gasteiger partial charge in [-0.2, -0.15) is 0 Å². The van der Waals surface area contributed by atoms with E-state index < -0.39 is 0 Å². The van der Waals surface area contributed by atoms with Gasteiger partial charge in [-0.1, -0.05) is 0 Å². The summed E-state index contributed by atoms with van der Waals surface area (Å²) in [5.74, 6) is 0. The predicted molar refractivity (Wildman–Crippen MR) is 14.7 cm³/mol. The van der Waals surface area contributed by atoms with Crippen LogP contribution in [0, 0.1) is 0 Å². The first kappa shape index (κ1) is 17.3. The largest absolute Gasteiger partial charge is 2.00 e. The zero-order valence-electron chi connectivity index (χ0n) is 1.87. The molecule has 0 aliphatic carbocycles. The summed E-state index contributed by atoms with van der Waals surface area (Å²) in [5.41, 5.74) is 0. The van der Waals surface area contributed by atoms with Crippen LogP contribution in [0.1, 0.15) is 0 Å². The van der Waals surface area contributed by atoms with Crippen molar-refractivity contribution < 1.29 is 21.2 Å². The minimum Gasteiger partial charge on any atom is -1.00 e. The molecular formula is Br2MgO. The van der Waals surface area contributed by atoms with Crippen LogP contribution < -0.4 is 21.2 Å². The second-order valence-corrected chi connectivity index (χ2v) is 0. The molecule has 0 bridgehead atoms. The van der Waals surface area contributed by atoms with Gasteiger partial charge in [0.2, 0.25) is 0 Å². The Labute approximate surface area is 60.1 Å². The van der Waals surface area contributed by atoms with Crippen LogP contribution in [-0.4, -0.2) is 23.1 Å². The molecule has 4 heteroatoms. The van der Waals surface area contributed by atoms with E-state index in [1.165, 1.54) is 0 Å². The van der Waals surface area contributed by atoms with Crippen LogP contribution in [0.5, 0.6) is 0 Å². The maximum absolute atomic E-state index is 8.06. The predicted octanol–water partition coefficient (Wildman–Crippen LogP) is -3.72. The van der Waals surface area contributed by atoms with Gasteiger partial charge in [0.05, 0.1) is 0 Å². The summed E-state index contributed by atoms with van der Waals surface area (Å²) in [4.78, 5) is 0. The second-order valence-electron chi connectivity index (χ2n) is 0. The van der Waals surface area contributed by atoms with Gasteiger partial charge in [0, 0.05) is 0 Å². The van der Waals surface area contributed by atoms with Crippen molar-refractivity contribution in [3.05, 3.63) is 0 Å². The van der Waals surface area contributed by atoms with E-state index in [2.05, 4.69) is 0 Å². The molecule has 1 nitrogen and oxygen atoms in total. The Morgan fingerprint density at radius 3 is 1.25 bits per heavy atom. The Morgan fingerprint density at radius 1 is 1.25 bits per heavy atom. The molecule has 0 fully saturated rings. The van der Waals surface area contributed by atoms with Gasteiger partial charge in [-0.15, -0.1) is 0 Å². The molecule has 22 valence electrons. The van der Waals surface area contributed by atoms with Crippen molar-refractivity contribution in [2.45, 2.75) is 0 Å². The molecule has 0 aromatic heterocycles. The standard InChI is InChI=1S/BrO.BrH.Mg/c1-2;;/h;1H;/q-1;;+2/p-1. The molecule has 0 rings (SSSR count). The Hall–Kier alpha value is 1.69. The zero-order chi connectivity index (χ0) is 2.00. The van der Waals surface area contributed by atoms with Crippen molar-refractivity contribution in [2.75, 3.05) is 0 Å². The minimum absolute atomic E-state index is 0. The summed E-state index contributed by atoms with van der Waals surface area (Å²) in [6.07, 6.45) is 0. The van der Waals surface area contributed by atoms with Gasteiger partial charge in [0.1, 0.15) is 0 Å². The van der Waals surface area contributed by atoms with Gasteiger partial charge in [0.25, 0.3) is 0 Å². The van der Waals surface area contributed by atoms with E-state index in [1.54, 1.807) is 16.3 Å². The van der Waals surface area contributed by atoms with E-state index in [1.807, 2.05) is 0 Å². The van der Waals surface area contributed by atoms with Gasteiger partial charge in [-0.05, 0) is 0 Å². The molecule has 0 spiro atoms. The molecule has 0 saturated carbocycles. The van der Waals surface area contributed by atoms with Crippen LogP contribution in [0.15, 0.2) is 0 Å². The van der Waals surface area contributed by atoms with Gasteiger partial charge >= 0.3 is 23.1 Å². The van der Waals surface area contributed by atoms with E-state index >= 15 is 0 Å². The fraction of sp³-hybridized carbons (Fsp3) is 0. The molecule has 0 aromatic rings. The van der Waals surface area contributed by atoms with E-state index in [9.17, 15) is 0 Å². The van der Waals surface area contributed by atoms with Crippen LogP contribution in [-0.2, 0) is 0 Å². The van der Waals surface area contributed by atoms with E-state index in [0.29, 0.717) is 0 Å². The normalized spacial score (nSPS) is 1.50. The maximum Gasteiger partial charge on any atom is 2.00 e. The molecular weight excluding hydrogens is 200 g/mol. The molecule has 0 unspecified atom stereocenters. The second kappa shape index (κ2) is 22.4. The fourth-order valence-electron chi connectivity index (χ4n) is 0. The Kier molecular flexibility index (Phi) is 96.9. The van der Waals surface area contributed by atoms with Gasteiger partial charge in [0.15, 0.2) is 0 Å². The average Bonchev–Trinajstić information content (AvgIpc) is 1.00. The fourth-order valence-corrected chi connectivity index (χ4v) is 0. The average molecular weight is 200 g/mol. The number of rotatable bonds is 0. The smallest absolute Gasteiger partial charge is 1.00 e. The van der Waals surface area contributed by atoms with E-state index in [-0.39, 0.29) is 40.0 Å². The maximum atomic E-state index is 8.06. The molecule has 0 saturated heterocycles. The monoisotopic (exact) mass is 198 g/mol. The van der Waals surface area contributed by atoms with Crippen LogP contribution in [0.4, 0.5) is 0 Å². The van der Waals surface area contributed by atoms with Crippen molar-refractivity contribution in [2.24, 2.45) is 0 Å². The van der Waals surface area contributed by atoms with Gasteiger partial charge < -0.3 is 21.2 Å². The van der Waals surface area contributed by atoms with Gasteiger partial charge in [-0.3, -0.25) is 0 Å². The van der Waals surface area contributed by atoms with Crippen molar-refractivity contribution in [1.29, 1.82) is 0 Å². The van der Waals surface area contributed by atoms with Crippen LogP contribution in [0.2, 0.25) is 0 Å². The molecule has 0 aliphatic rings.